The SMILES string of the molecule is Cc1cccc(C)c1CC(C)(O)c1cccc(Br)c1. The van der Waals surface area contributed by atoms with Gasteiger partial charge in [0, 0.05) is 10.9 Å². The Hall–Kier alpha value is -1.12. The average molecular weight is 319 g/mol. The lowest BCUT2D eigenvalue weighted by molar-refractivity contribution is 0.0572. The molecule has 0 aliphatic rings. The maximum absolute atomic E-state index is 10.8. The first-order chi connectivity index (χ1) is 8.90. The topological polar surface area (TPSA) is 20.2 Å². The lowest BCUT2D eigenvalue weighted by atomic mass is 9.86. The van der Waals surface area contributed by atoms with E-state index in [4.69, 9.17) is 0 Å². The number of aryl methyl sites for hydroxylation is 2. The highest BCUT2D eigenvalue weighted by Crippen LogP contribution is 2.29. The van der Waals surface area contributed by atoms with E-state index in [-0.39, 0.29) is 0 Å². The summed E-state index contributed by atoms with van der Waals surface area (Å²) in [5.74, 6) is 0. The average Bonchev–Trinajstić information content (AvgIpc) is 2.34. The summed E-state index contributed by atoms with van der Waals surface area (Å²) in [6.45, 7) is 6.07. The van der Waals surface area contributed by atoms with Crippen LogP contribution in [0, 0.1) is 13.8 Å². The summed E-state index contributed by atoms with van der Waals surface area (Å²) in [5, 5.41) is 10.8. The van der Waals surface area contributed by atoms with E-state index < -0.39 is 5.60 Å². The van der Waals surface area contributed by atoms with Crippen LogP contribution in [0.5, 0.6) is 0 Å². The van der Waals surface area contributed by atoms with Gasteiger partial charge in [0.25, 0.3) is 0 Å². The molecule has 2 rings (SSSR count). The van der Waals surface area contributed by atoms with Gasteiger partial charge in [-0.3, -0.25) is 0 Å². The van der Waals surface area contributed by atoms with Gasteiger partial charge in [0.2, 0.25) is 0 Å². The molecule has 0 bridgehead atoms. The molecule has 1 nitrogen and oxygen atoms in total. The molecule has 2 aromatic rings. The fraction of sp³-hybridized carbons (Fsp3) is 0.294. The number of aliphatic hydroxyl groups is 1. The molecule has 1 N–H and O–H groups in total. The zero-order chi connectivity index (χ0) is 14.0. The van der Waals surface area contributed by atoms with Gasteiger partial charge in [-0.15, -0.1) is 0 Å². The van der Waals surface area contributed by atoms with Crippen molar-refractivity contribution in [1.29, 1.82) is 0 Å². The largest absolute Gasteiger partial charge is 0.385 e. The molecular formula is C17H19BrO. The van der Waals surface area contributed by atoms with Crippen LogP contribution in [-0.2, 0) is 12.0 Å². The Bertz CT molecular complexity index is 567. The second-order valence-corrected chi connectivity index (χ2v) is 6.25. The number of halogens is 1. The molecule has 2 aromatic carbocycles. The smallest absolute Gasteiger partial charge is 0.0909 e. The molecule has 1 unspecified atom stereocenters. The van der Waals surface area contributed by atoms with Gasteiger partial charge < -0.3 is 5.11 Å². The summed E-state index contributed by atoms with van der Waals surface area (Å²) >= 11 is 3.46. The maximum atomic E-state index is 10.8. The zero-order valence-corrected chi connectivity index (χ0v) is 13.2. The molecule has 0 spiro atoms. The second-order valence-electron chi connectivity index (χ2n) is 5.33. The highest BCUT2D eigenvalue weighted by atomic mass is 79.9. The molecule has 2 heteroatoms. The van der Waals surface area contributed by atoms with E-state index in [1.54, 1.807) is 0 Å². The Kier molecular flexibility index (Phi) is 4.12. The van der Waals surface area contributed by atoms with Crippen LogP contribution in [0.15, 0.2) is 46.9 Å². The molecule has 0 aliphatic carbocycles. The fourth-order valence-electron chi connectivity index (χ4n) is 2.40. The van der Waals surface area contributed by atoms with Gasteiger partial charge in [0.05, 0.1) is 5.60 Å². The minimum atomic E-state index is -0.860. The third kappa shape index (κ3) is 3.26. The summed E-state index contributed by atoms with van der Waals surface area (Å²) in [6.07, 6.45) is 0.627. The van der Waals surface area contributed by atoms with Crippen LogP contribution in [-0.4, -0.2) is 5.11 Å². The third-order valence-electron chi connectivity index (χ3n) is 3.61. The molecule has 19 heavy (non-hydrogen) atoms. The van der Waals surface area contributed by atoms with E-state index in [0.29, 0.717) is 6.42 Å². The summed E-state index contributed by atoms with van der Waals surface area (Å²) in [4.78, 5) is 0. The minimum absolute atomic E-state index is 0.627. The summed E-state index contributed by atoms with van der Waals surface area (Å²) < 4.78 is 0.992. The number of benzene rings is 2. The second kappa shape index (κ2) is 5.48. The van der Waals surface area contributed by atoms with Crippen LogP contribution >= 0.6 is 15.9 Å². The third-order valence-corrected chi connectivity index (χ3v) is 4.11. The van der Waals surface area contributed by atoms with Crippen molar-refractivity contribution in [3.8, 4) is 0 Å². The Morgan fingerprint density at radius 2 is 1.63 bits per heavy atom. The van der Waals surface area contributed by atoms with Crippen molar-refractivity contribution in [2.45, 2.75) is 32.8 Å². The van der Waals surface area contributed by atoms with Gasteiger partial charge in [-0.2, -0.15) is 0 Å². The summed E-state index contributed by atoms with van der Waals surface area (Å²) in [6, 6.07) is 14.1. The van der Waals surface area contributed by atoms with Crippen LogP contribution < -0.4 is 0 Å². The number of rotatable bonds is 3. The highest BCUT2D eigenvalue weighted by molar-refractivity contribution is 9.10. The van der Waals surface area contributed by atoms with E-state index in [1.165, 1.54) is 16.7 Å². The van der Waals surface area contributed by atoms with Crippen molar-refractivity contribution in [2.24, 2.45) is 0 Å². The van der Waals surface area contributed by atoms with Crippen LogP contribution in [0.1, 0.15) is 29.2 Å². The standard InChI is InChI=1S/C17H19BrO/c1-12-6-4-7-13(2)16(12)11-17(3,19)14-8-5-9-15(18)10-14/h4-10,19H,11H2,1-3H3. The molecule has 0 radical (unpaired) electrons. The van der Waals surface area contributed by atoms with Gasteiger partial charge >= 0.3 is 0 Å². The normalized spacial score (nSPS) is 14.2. The van der Waals surface area contributed by atoms with Gasteiger partial charge in [0.15, 0.2) is 0 Å². The van der Waals surface area contributed by atoms with Crippen LogP contribution in [0.2, 0.25) is 0 Å². The first-order valence-electron chi connectivity index (χ1n) is 6.44. The molecule has 100 valence electrons. The lowest BCUT2D eigenvalue weighted by Gasteiger charge is -2.26. The van der Waals surface area contributed by atoms with E-state index >= 15 is 0 Å². The molecule has 0 aromatic heterocycles. The number of hydrogen-bond acceptors (Lipinski definition) is 1. The van der Waals surface area contributed by atoms with Crippen molar-refractivity contribution < 1.29 is 5.11 Å². The quantitative estimate of drug-likeness (QED) is 0.882. The van der Waals surface area contributed by atoms with Crippen molar-refractivity contribution in [3.63, 3.8) is 0 Å². The Morgan fingerprint density at radius 1 is 1.05 bits per heavy atom. The molecule has 1 atom stereocenters. The molecule has 0 amide bonds. The van der Waals surface area contributed by atoms with E-state index in [1.807, 2.05) is 31.2 Å². The monoisotopic (exact) mass is 318 g/mol. The first kappa shape index (κ1) is 14.3. The highest BCUT2D eigenvalue weighted by Gasteiger charge is 2.25. The van der Waals surface area contributed by atoms with Crippen LogP contribution in [0.25, 0.3) is 0 Å². The molecule has 0 saturated carbocycles. The first-order valence-corrected chi connectivity index (χ1v) is 7.23. The van der Waals surface area contributed by atoms with Crippen molar-refractivity contribution in [2.75, 3.05) is 0 Å². The van der Waals surface area contributed by atoms with Gasteiger partial charge in [0.1, 0.15) is 0 Å². The maximum Gasteiger partial charge on any atom is 0.0909 e. The number of hydrogen-bond donors (Lipinski definition) is 1. The predicted molar refractivity (Wildman–Crippen MR) is 83.3 cm³/mol. The predicted octanol–water partition coefficient (Wildman–Crippen LogP) is 4.52. The Labute approximate surface area is 123 Å². The van der Waals surface area contributed by atoms with Crippen molar-refractivity contribution in [1.82, 2.24) is 0 Å². The van der Waals surface area contributed by atoms with Crippen LogP contribution in [0.4, 0.5) is 0 Å². The van der Waals surface area contributed by atoms with E-state index in [2.05, 4.69) is 48.0 Å². The zero-order valence-electron chi connectivity index (χ0n) is 11.6. The molecule has 0 heterocycles. The fourth-order valence-corrected chi connectivity index (χ4v) is 2.80. The van der Waals surface area contributed by atoms with Gasteiger partial charge in [-0.05, 0) is 55.2 Å². The van der Waals surface area contributed by atoms with E-state index in [0.717, 1.165) is 10.0 Å². The molecule has 0 aliphatic heterocycles. The Balaban J connectivity index is 2.36. The minimum Gasteiger partial charge on any atom is -0.385 e. The molecule has 0 saturated heterocycles. The van der Waals surface area contributed by atoms with E-state index in [9.17, 15) is 5.11 Å². The molecule has 0 fully saturated rings. The Morgan fingerprint density at radius 3 is 2.21 bits per heavy atom. The van der Waals surface area contributed by atoms with Crippen molar-refractivity contribution >= 4 is 15.9 Å². The lowest BCUT2D eigenvalue weighted by Crippen LogP contribution is -2.25. The van der Waals surface area contributed by atoms with Gasteiger partial charge in [-0.25, -0.2) is 0 Å². The van der Waals surface area contributed by atoms with Crippen LogP contribution in [0.3, 0.4) is 0 Å². The van der Waals surface area contributed by atoms with Crippen molar-refractivity contribution in [3.05, 3.63) is 69.2 Å². The summed E-state index contributed by atoms with van der Waals surface area (Å²) in [5.41, 5.74) is 3.77. The van der Waals surface area contributed by atoms with Gasteiger partial charge in [-0.1, -0.05) is 46.3 Å². The molecular weight excluding hydrogens is 300 g/mol. The summed E-state index contributed by atoms with van der Waals surface area (Å²) in [7, 11) is 0.